The molecule has 3 rings (SSSR count). The lowest BCUT2D eigenvalue weighted by Gasteiger charge is -2.16. The van der Waals surface area contributed by atoms with Crippen LogP contribution in [-0.2, 0) is 12.8 Å². The standard InChI is InChI=1S/C23H19ClF3NO2/c1-15(18-3-2-4-19(13-18)23(25,26)27)28-22(29)17-7-11-21(12-8-17)30-14-16-5-9-20(24)10-6-16/h2-13,15H,14H2,1H3,(H,28,29)/t15-/m1/s1. The Morgan fingerprint density at radius 3 is 2.33 bits per heavy atom. The average molecular weight is 434 g/mol. The Kier molecular flexibility index (Phi) is 6.67. The molecule has 0 aliphatic heterocycles. The summed E-state index contributed by atoms with van der Waals surface area (Å²) in [5.74, 6) is 0.205. The first-order valence-corrected chi connectivity index (χ1v) is 9.55. The number of carbonyl (C=O) groups is 1. The monoisotopic (exact) mass is 433 g/mol. The van der Waals surface area contributed by atoms with Crippen LogP contribution in [0.15, 0.2) is 72.8 Å². The van der Waals surface area contributed by atoms with E-state index in [-0.39, 0.29) is 5.91 Å². The molecule has 1 N–H and O–H groups in total. The van der Waals surface area contributed by atoms with Crippen LogP contribution in [-0.4, -0.2) is 5.91 Å². The van der Waals surface area contributed by atoms with Crippen molar-refractivity contribution >= 4 is 17.5 Å². The van der Waals surface area contributed by atoms with Crippen LogP contribution in [0.5, 0.6) is 5.75 Å². The highest BCUT2D eigenvalue weighted by Gasteiger charge is 2.30. The predicted molar refractivity (Wildman–Crippen MR) is 110 cm³/mol. The van der Waals surface area contributed by atoms with Crippen molar-refractivity contribution in [1.29, 1.82) is 0 Å². The fraction of sp³-hybridized carbons (Fsp3) is 0.174. The highest BCUT2D eigenvalue weighted by Crippen LogP contribution is 2.30. The molecule has 0 spiro atoms. The van der Waals surface area contributed by atoms with Crippen LogP contribution in [0, 0.1) is 0 Å². The molecule has 1 amide bonds. The third-order valence-electron chi connectivity index (χ3n) is 4.50. The maximum absolute atomic E-state index is 12.9. The van der Waals surface area contributed by atoms with Crippen molar-refractivity contribution in [3.63, 3.8) is 0 Å². The smallest absolute Gasteiger partial charge is 0.416 e. The van der Waals surface area contributed by atoms with E-state index in [1.54, 1.807) is 49.4 Å². The number of amides is 1. The summed E-state index contributed by atoms with van der Waals surface area (Å²) in [5.41, 5.74) is 0.966. The van der Waals surface area contributed by atoms with Gasteiger partial charge in [-0.25, -0.2) is 0 Å². The SMILES string of the molecule is C[C@@H](NC(=O)c1ccc(OCc2ccc(Cl)cc2)cc1)c1cccc(C(F)(F)F)c1. The molecule has 0 fully saturated rings. The van der Waals surface area contributed by atoms with Crippen molar-refractivity contribution in [1.82, 2.24) is 5.32 Å². The number of alkyl halides is 3. The number of hydrogen-bond donors (Lipinski definition) is 1. The number of rotatable bonds is 6. The molecule has 0 aliphatic rings. The van der Waals surface area contributed by atoms with Crippen LogP contribution in [0.2, 0.25) is 5.02 Å². The Balaban J connectivity index is 1.59. The molecule has 0 heterocycles. The van der Waals surface area contributed by atoms with Crippen LogP contribution < -0.4 is 10.1 Å². The van der Waals surface area contributed by atoms with Crippen molar-refractivity contribution in [2.24, 2.45) is 0 Å². The molecule has 0 aliphatic carbocycles. The van der Waals surface area contributed by atoms with Crippen molar-refractivity contribution in [3.05, 3.63) is 100 Å². The molecule has 7 heteroatoms. The van der Waals surface area contributed by atoms with Gasteiger partial charge in [-0.1, -0.05) is 35.9 Å². The molecule has 0 unspecified atom stereocenters. The summed E-state index contributed by atoms with van der Waals surface area (Å²) < 4.78 is 44.3. The van der Waals surface area contributed by atoms with Gasteiger partial charge in [-0.2, -0.15) is 13.2 Å². The van der Waals surface area contributed by atoms with Gasteiger partial charge in [-0.05, 0) is 66.6 Å². The fourth-order valence-corrected chi connectivity index (χ4v) is 2.92. The molecule has 0 bridgehead atoms. The largest absolute Gasteiger partial charge is 0.489 e. The normalized spacial score (nSPS) is 12.3. The van der Waals surface area contributed by atoms with Gasteiger partial charge in [0.2, 0.25) is 0 Å². The number of halogens is 4. The van der Waals surface area contributed by atoms with Gasteiger partial charge in [0.25, 0.3) is 5.91 Å². The first-order valence-electron chi connectivity index (χ1n) is 9.18. The summed E-state index contributed by atoms with van der Waals surface area (Å²) in [6, 6.07) is 18.1. The molecule has 30 heavy (non-hydrogen) atoms. The van der Waals surface area contributed by atoms with E-state index in [0.717, 1.165) is 17.7 Å². The van der Waals surface area contributed by atoms with Gasteiger partial charge in [-0.15, -0.1) is 0 Å². The second-order valence-electron chi connectivity index (χ2n) is 6.76. The maximum Gasteiger partial charge on any atom is 0.416 e. The molecule has 156 valence electrons. The zero-order chi connectivity index (χ0) is 21.7. The van der Waals surface area contributed by atoms with E-state index < -0.39 is 17.8 Å². The highest BCUT2D eigenvalue weighted by atomic mass is 35.5. The predicted octanol–water partition coefficient (Wildman–Crippen LogP) is 6.43. The van der Waals surface area contributed by atoms with Crippen molar-refractivity contribution in [2.45, 2.75) is 25.7 Å². The van der Waals surface area contributed by atoms with Crippen molar-refractivity contribution in [2.75, 3.05) is 0 Å². The van der Waals surface area contributed by atoms with E-state index in [2.05, 4.69) is 5.32 Å². The Morgan fingerprint density at radius 1 is 1.03 bits per heavy atom. The lowest BCUT2D eigenvalue weighted by Crippen LogP contribution is -2.26. The first-order chi connectivity index (χ1) is 14.2. The highest BCUT2D eigenvalue weighted by molar-refractivity contribution is 6.30. The zero-order valence-electron chi connectivity index (χ0n) is 16.0. The first kappa shape index (κ1) is 21.7. The average Bonchev–Trinajstić information content (AvgIpc) is 2.73. The van der Waals surface area contributed by atoms with Crippen LogP contribution in [0.1, 0.15) is 40.0 Å². The quantitative estimate of drug-likeness (QED) is 0.486. The van der Waals surface area contributed by atoms with Crippen molar-refractivity contribution < 1.29 is 22.7 Å². The van der Waals surface area contributed by atoms with Crippen LogP contribution in [0.3, 0.4) is 0 Å². The Hall–Kier alpha value is -2.99. The van der Waals surface area contributed by atoms with Gasteiger partial charge >= 0.3 is 6.18 Å². The van der Waals surface area contributed by atoms with E-state index in [0.29, 0.717) is 28.5 Å². The Labute approximate surface area is 177 Å². The van der Waals surface area contributed by atoms with E-state index in [9.17, 15) is 18.0 Å². The molecule has 0 saturated carbocycles. The second-order valence-corrected chi connectivity index (χ2v) is 7.19. The Morgan fingerprint density at radius 2 is 1.70 bits per heavy atom. The lowest BCUT2D eigenvalue weighted by molar-refractivity contribution is -0.137. The topological polar surface area (TPSA) is 38.3 Å². The van der Waals surface area contributed by atoms with Gasteiger partial charge in [0.1, 0.15) is 12.4 Å². The summed E-state index contributed by atoms with van der Waals surface area (Å²) in [4.78, 5) is 12.4. The summed E-state index contributed by atoms with van der Waals surface area (Å²) in [5, 5.41) is 3.36. The lowest BCUT2D eigenvalue weighted by atomic mass is 10.0. The molecule has 3 aromatic carbocycles. The molecule has 0 aromatic heterocycles. The summed E-state index contributed by atoms with van der Waals surface area (Å²) in [7, 11) is 0. The van der Waals surface area contributed by atoms with Crippen molar-refractivity contribution in [3.8, 4) is 5.75 Å². The van der Waals surface area contributed by atoms with E-state index in [1.807, 2.05) is 12.1 Å². The minimum atomic E-state index is -4.43. The number of carbonyl (C=O) groups excluding carboxylic acids is 1. The van der Waals surface area contributed by atoms with Gasteiger partial charge in [0.05, 0.1) is 11.6 Å². The number of benzene rings is 3. The number of ether oxygens (including phenoxy) is 1. The van der Waals surface area contributed by atoms with Gasteiger partial charge in [0, 0.05) is 10.6 Å². The minimum Gasteiger partial charge on any atom is -0.489 e. The summed E-state index contributed by atoms with van der Waals surface area (Å²) in [6.45, 7) is 1.99. The number of hydrogen-bond acceptors (Lipinski definition) is 2. The van der Waals surface area contributed by atoms with Gasteiger partial charge < -0.3 is 10.1 Å². The Bertz CT molecular complexity index is 1000. The molecule has 3 nitrogen and oxygen atoms in total. The van der Waals surface area contributed by atoms with Crippen LogP contribution in [0.4, 0.5) is 13.2 Å². The molecular weight excluding hydrogens is 415 g/mol. The van der Waals surface area contributed by atoms with Gasteiger partial charge in [-0.3, -0.25) is 4.79 Å². The third kappa shape index (κ3) is 5.76. The summed E-state index contributed by atoms with van der Waals surface area (Å²) >= 11 is 5.85. The second kappa shape index (κ2) is 9.22. The van der Waals surface area contributed by atoms with Gasteiger partial charge in [0.15, 0.2) is 0 Å². The van der Waals surface area contributed by atoms with E-state index >= 15 is 0 Å². The van der Waals surface area contributed by atoms with Crippen LogP contribution >= 0.6 is 11.6 Å². The fourth-order valence-electron chi connectivity index (χ4n) is 2.80. The zero-order valence-corrected chi connectivity index (χ0v) is 16.8. The molecular formula is C23H19ClF3NO2. The molecule has 1 atom stereocenters. The summed E-state index contributed by atoms with van der Waals surface area (Å²) in [6.07, 6.45) is -4.43. The minimum absolute atomic E-state index is 0.356. The van der Waals surface area contributed by atoms with Crippen LogP contribution in [0.25, 0.3) is 0 Å². The van der Waals surface area contributed by atoms with E-state index in [4.69, 9.17) is 16.3 Å². The third-order valence-corrected chi connectivity index (χ3v) is 4.75. The number of nitrogens with one attached hydrogen (secondary N) is 1. The maximum atomic E-state index is 12.9. The molecule has 0 radical (unpaired) electrons. The van der Waals surface area contributed by atoms with E-state index in [1.165, 1.54) is 6.07 Å². The molecule has 3 aromatic rings. The molecule has 0 saturated heterocycles.